The monoisotopic (exact) mass is 363 g/mol. The van der Waals surface area contributed by atoms with Crippen molar-refractivity contribution in [3.63, 3.8) is 0 Å². The summed E-state index contributed by atoms with van der Waals surface area (Å²) >= 11 is 0. The Morgan fingerprint density at radius 1 is 1.12 bits per heavy atom. The molecule has 0 radical (unpaired) electrons. The molecular formula is C19H25NO4S. The number of hydrogen-bond donors (Lipinski definition) is 2. The fourth-order valence-corrected chi connectivity index (χ4v) is 3.96. The van der Waals surface area contributed by atoms with Crippen molar-refractivity contribution < 1.29 is 18.3 Å². The van der Waals surface area contributed by atoms with Gasteiger partial charge in [0.05, 0.1) is 12.0 Å². The summed E-state index contributed by atoms with van der Waals surface area (Å²) in [5.41, 5.74) is 1.88. The van der Waals surface area contributed by atoms with Crippen molar-refractivity contribution in [3.05, 3.63) is 59.7 Å². The van der Waals surface area contributed by atoms with Crippen LogP contribution in [0.2, 0.25) is 0 Å². The highest BCUT2D eigenvalue weighted by Crippen LogP contribution is 2.24. The quantitative estimate of drug-likeness (QED) is 0.718. The molecule has 0 spiro atoms. The van der Waals surface area contributed by atoms with Gasteiger partial charge in [-0.15, -0.1) is 0 Å². The second kappa shape index (κ2) is 8.99. The molecule has 25 heavy (non-hydrogen) atoms. The number of hydrogen-bond acceptors (Lipinski definition) is 4. The van der Waals surface area contributed by atoms with Crippen LogP contribution in [0.25, 0.3) is 0 Å². The third-order valence-electron chi connectivity index (χ3n) is 4.21. The van der Waals surface area contributed by atoms with E-state index in [1.165, 1.54) is 6.07 Å². The fraction of sp³-hybridized carbons (Fsp3) is 0.368. The van der Waals surface area contributed by atoms with Crippen LogP contribution in [-0.4, -0.2) is 33.8 Å². The Morgan fingerprint density at radius 3 is 2.44 bits per heavy atom. The number of benzene rings is 2. The van der Waals surface area contributed by atoms with Gasteiger partial charge >= 0.3 is 0 Å². The minimum absolute atomic E-state index is 0.0734. The van der Waals surface area contributed by atoms with Crippen LogP contribution in [0.3, 0.4) is 0 Å². The largest absolute Gasteiger partial charge is 0.496 e. The molecule has 0 aromatic heterocycles. The Kier molecular flexibility index (Phi) is 6.99. The number of aryl methyl sites for hydroxylation is 1. The van der Waals surface area contributed by atoms with Gasteiger partial charge in [0.1, 0.15) is 5.75 Å². The highest BCUT2D eigenvalue weighted by molar-refractivity contribution is 7.89. The lowest BCUT2D eigenvalue weighted by Gasteiger charge is -2.17. The van der Waals surface area contributed by atoms with Gasteiger partial charge in [0.15, 0.2) is 0 Å². The molecule has 0 aliphatic heterocycles. The molecule has 0 aliphatic carbocycles. The Balaban J connectivity index is 2.02. The first-order chi connectivity index (χ1) is 12.0. The molecule has 0 fully saturated rings. The number of aliphatic hydroxyl groups excluding tert-OH is 1. The van der Waals surface area contributed by atoms with Crippen LogP contribution in [0.5, 0.6) is 5.75 Å². The summed E-state index contributed by atoms with van der Waals surface area (Å²) in [6, 6.07) is 14.6. The van der Waals surface area contributed by atoms with E-state index in [-0.39, 0.29) is 17.4 Å². The second-order valence-corrected chi connectivity index (χ2v) is 7.70. The van der Waals surface area contributed by atoms with Crippen LogP contribution in [0.4, 0.5) is 0 Å². The summed E-state index contributed by atoms with van der Waals surface area (Å²) in [5.74, 6) is 0.776. The van der Waals surface area contributed by atoms with Crippen LogP contribution in [0.15, 0.2) is 53.4 Å². The van der Waals surface area contributed by atoms with E-state index in [4.69, 9.17) is 4.74 Å². The third kappa shape index (κ3) is 5.29. The van der Waals surface area contributed by atoms with Gasteiger partial charge in [-0.1, -0.05) is 30.3 Å². The third-order valence-corrected chi connectivity index (χ3v) is 5.67. The van der Waals surface area contributed by atoms with E-state index in [0.29, 0.717) is 25.1 Å². The molecule has 0 saturated carbocycles. The SMILES string of the molecule is COc1ccc(S(=O)(=O)NCCC(CCO)c2ccccc2)cc1C. The molecule has 1 unspecified atom stereocenters. The average molecular weight is 363 g/mol. The van der Waals surface area contributed by atoms with Crippen molar-refractivity contribution in [1.82, 2.24) is 4.72 Å². The summed E-state index contributed by atoms with van der Waals surface area (Å²) in [6.45, 7) is 2.20. The highest BCUT2D eigenvalue weighted by Gasteiger charge is 2.17. The number of methoxy groups -OCH3 is 1. The normalized spacial score (nSPS) is 12.8. The zero-order valence-corrected chi connectivity index (χ0v) is 15.4. The first-order valence-electron chi connectivity index (χ1n) is 8.28. The molecule has 0 heterocycles. The molecule has 2 N–H and O–H groups in total. The zero-order valence-electron chi connectivity index (χ0n) is 14.6. The molecule has 0 aliphatic rings. The predicted molar refractivity (Wildman–Crippen MR) is 98.4 cm³/mol. The first kappa shape index (κ1) is 19.4. The Hall–Kier alpha value is -1.89. The Labute approximate surface area is 149 Å². The molecule has 2 aromatic rings. The lowest BCUT2D eigenvalue weighted by Crippen LogP contribution is -2.26. The van der Waals surface area contributed by atoms with Crippen LogP contribution in [-0.2, 0) is 10.0 Å². The van der Waals surface area contributed by atoms with E-state index >= 15 is 0 Å². The van der Waals surface area contributed by atoms with Crippen molar-refractivity contribution >= 4 is 10.0 Å². The number of nitrogens with one attached hydrogen (secondary N) is 1. The van der Waals surface area contributed by atoms with Crippen molar-refractivity contribution in [2.45, 2.75) is 30.6 Å². The molecule has 5 nitrogen and oxygen atoms in total. The smallest absolute Gasteiger partial charge is 0.240 e. The second-order valence-electron chi connectivity index (χ2n) is 5.94. The topological polar surface area (TPSA) is 75.6 Å². The summed E-state index contributed by atoms with van der Waals surface area (Å²) < 4.78 is 32.7. The molecule has 2 rings (SSSR count). The molecule has 0 saturated heterocycles. The summed E-state index contributed by atoms with van der Waals surface area (Å²) in [4.78, 5) is 0.226. The summed E-state index contributed by atoms with van der Waals surface area (Å²) in [7, 11) is -2.01. The van der Waals surface area contributed by atoms with E-state index in [1.807, 2.05) is 37.3 Å². The van der Waals surface area contributed by atoms with Crippen LogP contribution in [0.1, 0.15) is 29.9 Å². The van der Waals surface area contributed by atoms with E-state index in [9.17, 15) is 13.5 Å². The van der Waals surface area contributed by atoms with Gasteiger partial charge in [-0.05, 0) is 55.0 Å². The van der Waals surface area contributed by atoms with E-state index < -0.39 is 10.0 Å². The zero-order chi connectivity index (χ0) is 18.3. The number of aliphatic hydroxyl groups is 1. The maximum Gasteiger partial charge on any atom is 0.240 e. The lowest BCUT2D eigenvalue weighted by molar-refractivity contribution is 0.273. The van der Waals surface area contributed by atoms with Gasteiger partial charge in [0, 0.05) is 13.2 Å². The lowest BCUT2D eigenvalue weighted by atomic mass is 9.93. The summed E-state index contributed by atoms with van der Waals surface area (Å²) in [5, 5.41) is 9.26. The average Bonchev–Trinajstić information content (AvgIpc) is 2.61. The summed E-state index contributed by atoms with van der Waals surface area (Å²) in [6.07, 6.45) is 1.23. The van der Waals surface area contributed by atoms with Gasteiger partial charge in [0.25, 0.3) is 0 Å². The maximum absolute atomic E-state index is 12.5. The molecule has 1 atom stereocenters. The van der Waals surface area contributed by atoms with E-state index in [1.54, 1.807) is 19.2 Å². The van der Waals surface area contributed by atoms with Crippen molar-refractivity contribution in [3.8, 4) is 5.75 Å². The van der Waals surface area contributed by atoms with Gasteiger partial charge < -0.3 is 9.84 Å². The number of sulfonamides is 1. The Bertz CT molecular complexity index is 775. The van der Waals surface area contributed by atoms with Gasteiger partial charge in [-0.3, -0.25) is 0 Å². The molecule has 2 aromatic carbocycles. The van der Waals surface area contributed by atoms with Crippen LogP contribution < -0.4 is 9.46 Å². The first-order valence-corrected chi connectivity index (χ1v) is 9.76. The van der Waals surface area contributed by atoms with E-state index in [2.05, 4.69) is 4.72 Å². The Morgan fingerprint density at radius 2 is 1.84 bits per heavy atom. The minimum Gasteiger partial charge on any atom is -0.496 e. The van der Waals surface area contributed by atoms with Crippen molar-refractivity contribution in [2.75, 3.05) is 20.3 Å². The predicted octanol–water partition coefficient (Wildman–Crippen LogP) is 2.84. The van der Waals surface area contributed by atoms with E-state index in [0.717, 1.165) is 11.1 Å². The highest BCUT2D eigenvalue weighted by atomic mass is 32.2. The fourth-order valence-electron chi connectivity index (χ4n) is 2.83. The standard InChI is InChI=1S/C19H25NO4S/c1-15-14-18(8-9-19(15)24-2)25(22,23)20-12-10-17(11-13-21)16-6-4-3-5-7-16/h3-9,14,17,20-21H,10-13H2,1-2H3. The number of rotatable bonds is 9. The minimum atomic E-state index is -3.57. The molecule has 6 heteroatoms. The molecular weight excluding hydrogens is 338 g/mol. The van der Waals surface area contributed by atoms with Gasteiger partial charge in [-0.2, -0.15) is 0 Å². The van der Waals surface area contributed by atoms with Gasteiger partial charge in [0.2, 0.25) is 10.0 Å². The van der Waals surface area contributed by atoms with Crippen molar-refractivity contribution in [1.29, 1.82) is 0 Å². The van der Waals surface area contributed by atoms with Crippen molar-refractivity contribution in [2.24, 2.45) is 0 Å². The van der Waals surface area contributed by atoms with Crippen LogP contribution >= 0.6 is 0 Å². The maximum atomic E-state index is 12.5. The van der Waals surface area contributed by atoms with Crippen LogP contribution in [0, 0.1) is 6.92 Å². The molecule has 0 amide bonds. The molecule has 0 bridgehead atoms. The van der Waals surface area contributed by atoms with Gasteiger partial charge in [-0.25, -0.2) is 13.1 Å². The number of ether oxygens (including phenoxy) is 1. The molecule has 136 valence electrons.